The summed E-state index contributed by atoms with van der Waals surface area (Å²) in [7, 11) is 0. The molecule has 0 saturated heterocycles. The third-order valence-corrected chi connectivity index (χ3v) is 4.70. The molecule has 3 rings (SSSR count). The molecule has 0 unspecified atom stereocenters. The molecule has 0 aliphatic carbocycles. The van der Waals surface area contributed by atoms with Crippen LogP contribution in [0.4, 0.5) is 10.3 Å². The van der Waals surface area contributed by atoms with Crippen molar-refractivity contribution in [2.45, 2.75) is 10.9 Å². The second kappa shape index (κ2) is 8.13. The molecule has 0 saturated carbocycles. The lowest BCUT2D eigenvalue weighted by atomic mass is 10.2. The van der Waals surface area contributed by atoms with E-state index in [0.29, 0.717) is 16.5 Å². The van der Waals surface area contributed by atoms with Gasteiger partial charge in [0.05, 0.1) is 6.21 Å². The highest BCUT2D eigenvalue weighted by Crippen LogP contribution is 2.23. The molecule has 0 bridgehead atoms. The zero-order valence-electron chi connectivity index (χ0n) is 12.9. The van der Waals surface area contributed by atoms with Crippen LogP contribution in [0.15, 0.2) is 63.3 Å². The molecular weight excluding hydrogens is 407 g/mol. The monoisotopic (exact) mass is 420 g/mol. The van der Waals surface area contributed by atoms with E-state index in [-0.39, 0.29) is 11.8 Å². The number of rotatable bonds is 6. The number of anilines is 1. The Bertz CT molecular complexity index is 898. The molecule has 0 amide bonds. The molecule has 0 spiro atoms. The summed E-state index contributed by atoms with van der Waals surface area (Å²) in [4.78, 5) is 0. The summed E-state index contributed by atoms with van der Waals surface area (Å²) < 4.78 is 15.8. The smallest absolute Gasteiger partial charge is 0.264 e. The summed E-state index contributed by atoms with van der Waals surface area (Å²) in [5.41, 5.74) is 4.16. The van der Waals surface area contributed by atoms with Gasteiger partial charge in [0.2, 0.25) is 5.16 Å². The first kappa shape index (κ1) is 17.4. The summed E-state index contributed by atoms with van der Waals surface area (Å²) >= 11 is 4.89. The number of nitrogens with zero attached hydrogens (tertiary/aromatic N) is 4. The van der Waals surface area contributed by atoms with Gasteiger partial charge in [-0.3, -0.25) is 0 Å². The van der Waals surface area contributed by atoms with Crippen LogP contribution in [-0.2, 0) is 5.75 Å². The molecule has 25 heavy (non-hydrogen) atoms. The fraction of sp³-hybridized carbons (Fsp3) is 0.0625. The van der Waals surface area contributed by atoms with Crippen molar-refractivity contribution in [1.29, 1.82) is 0 Å². The summed E-state index contributed by atoms with van der Waals surface area (Å²) in [6.45, 7) is 0. The van der Waals surface area contributed by atoms with E-state index in [1.54, 1.807) is 18.2 Å². The van der Waals surface area contributed by atoms with Crippen LogP contribution in [0, 0.1) is 5.82 Å². The van der Waals surface area contributed by atoms with Gasteiger partial charge in [-0.2, -0.15) is 5.10 Å². The van der Waals surface area contributed by atoms with E-state index >= 15 is 0 Å². The minimum Gasteiger partial charge on any atom is -0.334 e. The lowest BCUT2D eigenvalue weighted by molar-refractivity contribution is 0.626. The van der Waals surface area contributed by atoms with E-state index in [2.05, 4.69) is 36.7 Å². The van der Waals surface area contributed by atoms with E-state index in [1.807, 2.05) is 24.3 Å². The molecule has 9 heteroatoms. The molecule has 1 aromatic heterocycles. The number of nitrogen functional groups attached to an aromatic ring is 1. The predicted octanol–water partition coefficient (Wildman–Crippen LogP) is 3.63. The van der Waals surface area contributed by atoms with Gasteiger partial charge in [0.1, 0.15) is 5.82 Å². The topological polar surface area (TPSA) is 81.1 Å². The number of halogens is 2. The maximum atomic E-state index is 13.5. The van der Waals surface area contributed by atoms with Crippen LogP contribution < -0.4 is 11.3 Å². The Balaban J connectivity index is 1.62. The second-order valence-corrected chi connectivity index (χ2v) is 6.84. The van der Waals surface area contributed by atoms with Gasteiger partial charge < -0.3 is 5.84 Å². The Labute approximate surface area is 156 Å². The molecule has 0 fully saturated rings. The van der Waals surface area contributed by atoms with Crippen molar-refractivity contribution in [3.63, 3.8) is 0 Å². The van der Waals surface area contributed by atoms with Gasteiger partial charge in [0.25, 0.3) is 5.95 Å². The molecule has 6 nitrogen and oxygen atoms in total. The van der Waals surface area contributed by atoms with Crippen LogP contribution in [0.2, 0.25) is 0 Å². The number of hydrogen-bond donors (Lipinski definition) is 2. The number of hydrazone groups is 1. The van der Waals surface area contributed by atoms with Crippen LogP contribution in [0.25, 0.3) is 0 Å². The molecule has 0 aliphatic heterocycles. The van der Waals surface area contributed by atoms with Gasteiger partial charge >= 0.3 is 0 Å². The van der Waals surface area contributed by atoms with Gasteiger partial charge in [-0.25, -0.2) is 14.5 Å². The maximum Gasteiger partial charge on any atom is 0.264 e. The van der Waals surface area contributed by atoms with Crippen LogP contribution in [0.1, 0.15) is 11.1 Å². The van der Waals surface area contributed by atoms with Crippen LogP contribution in [0.3, 0.4) is 0 Å². The average Bonchev–Trinajstić information content (AvgIpc) is 2.95. The van der Waals surface area contributed by atoms with Gasteiger partial charge in [0.15, 0.2) is 0 Å². The number of aromatic nitrogens is 3. The van der Waals surface area contributed by atoms with Crippen LogP contribution in [0.5, 0.6) is 0 Å². The van der Waals surface area contributed by atoms with E-state index in [4.69, 9.17) is 5.84 Å². The normalized spacial score (nSPS) is 11.1. The summed E-state index contributed by atoms with van der Waals surface area (Å²) in [6, 6.07) is 14.3. The molecule has 128 valence electrons. The quantitative estimate of drug-likeness (QED) is 0.275. The minimum atomic E-state index is -0.354. The van der Waals surface area contributed by atoms with Crippen molar-refractivity contribution in [3.8, 4) is 0 Å². The van der Waals surface area contributed by atoms with Crippen molar-refractivity contribution < 1.29 is 4.39 Å². The van der Waals surface area contributed by atoms with E-state index < -0.39 is 0 Å². The van der Waals surface area contributed by atoms with Crippen LogP contribution >= 0.6 is 27.7 Å². The standard InChI is InChI=1S/C16H14BrFN6S/c17-13-6-3-4-11(8-13)10-25-16-23-22-15(24(16)19)21-20-9-12-5-1-2-7-14(12)18/h1-9H,10,19H2,(H,21,22)/b20-9+. The van der Waals surface area contributed by atoms with E-state index in [9.17, 15) is 4.39 Å². The highest BCUT2D eigenvalue weighted by Gasteiger charge is 2.09. The SMILES string of the molecule is Nn1c(N/N=C/c2ccccc2F)nnc1SCc1cccc(Br)c1. The second-order valence-electron chi connectivity index (χ2n) is 4.99. The Morgan fingerprint density at radius 1 is 1.24 bits per heavy atom. The molecule has 0 atom stereocenters. The van der Waals surface area contributed by atoms with Crippen molar-refractivity contribution >= 4 is 39.9 Å². The highest BCUT2D eigenvalue weighted by atomic mass is 79.9. The molecule has 0 radical (unpaired) electrons. The predicted molar refractivity (Wildman–Crippen MR) is 101 cm³/mol. The fourth-order valence-corrected chi connectivity index (χ4v) is 3.21. The van der Waals surface area contributed by atoms with Crippen molar-refractivity contribution in [1.82, 2.24) is 14.9 Å². The number of benzene rings is 2. The van der Waals surface area contributed by atoms with Crippen molar-refractivity contribution in [2.24, 2.45) is 5.10 Å². The van der Waals surface area contributed by atoms with Gasteiger partial charge in [0, 0.05) is 15.8 Å². The number of thioether (sulfide) groups is 1. The Kier molecular flexibility index (Phi) is 5.67. The van der Waals surface area contributed by atoms with Crippen LogP contribution in [-0.4, -0.2) is 21.1 Å². The Morgan fingerprint density at radius 2 is 2.08 bits per heavy atom. The minimum absolute atomic E-state index is 0.268. The number of nitrogens with two attached hydrogens (primary N) is 1. The van der Waals surface area contributed by atoms with Crippen molar-refractivity contribution in [3.05, 3.63) is 69.9 Å². The van der Waals surface area contributed by atoms with Gasteiger partial charge in [-0.05, 0) is 23.8 Å². The third-order valence-electron chi connectivity index (χ3n) is 3.19. The average molecular weight is 421 g/mol. The molecule has 2 aromatic carbocycles. The largest absolute Gasteiger partial charge is 0.334 e. The molecule has 0 aliphatic rings. The Hall–Kier alpha value is -2.39. The van der Waals surface area contributed by atoms with Gasteiger partial charge in [-0.1, -0.05) is 58.0 Å². The molecule has 3 N–H and O–H groups in total. The van der Waals surface area contributed by atoms with Gasteiger partial charge in [-0.15, -0.1) is 10.2 Å². The lowest BCUT2D eigenvalue weighted by Crippen LogP contribution is -2.13. The van der Waals surface area contributed by atoms with E-state index in [1.165, 1.54) is 28.7 Å². The third kappa shape index (κ3) is 4.58. The van der Waals surface area contributed by atoms with Crippen molar-refractivity contribution in [2.75, 3.05) is 11.3 Å². The fourth-order valence-electron chi connectivity index (χ4n) is 1.97. The first-order valence-electron chi connectivity index (χ1n) is 7.25. The number of nitrogens with one attached hydrogen (secondary N) is 1. The molecule has 1 heterocycles. The summed E-state index contributed by atoms with van der Waals surface area (Å²) in [6.07, 6.45) is 1.36. The zero-order valence-corrected chi connectivity index (χ0v) is 15.3. The maximum absolute atomic E-state index is 13.5. The lowest BCUT2D eigenvalue weighted by Gasteiger charge is -2.03. The Morgan fingerprint density at radius 3 is 2.88 bits per heavy atom. The van der Waals surface area contributed by atoms with E-state index in [0.717, 1.165) is 10.0 Å². The first-order valence-corrected chi connectivity index (χ1v) is 9.02. The number of hydrogen-bond acceptors (Lipinski definition) is 6. The molecular formula is C16H14BrFN6S. The summed E-state index contributed by atoms with van der Waals surface area (Å²) in [5.74, 6) is 6.57. The summed E-state index contributed by atoms with van der Waals surface area (Å²) in [5, 5.41) is 12.5. The molecule has 3 aromatic rings. The highest BCUT2D eigenvalue weighted by molar-refractivity contribution is 9.10. The zero-order chi connectivity index (χ0) is 17.6. The first-order chi connectivity index (χ1) is 12.1.